The van der Waals surface area contributed by atoms with Gasteiger partial charge in [-0.1, -0.05) is 6.08 Å². The SMILES string of the molecule is O=C(NN=C1C=NC=CC1)c1cccnc1. The Morgan fingerprint density at radius 3 is 3.12 bits per heavy atom. The van der Waals surface area contributed by atoms with Gasteiger partial charge in [-0.2, -0.15) is 5.10 Å². The minimum Gasteiger partial charge on any atom is -0.267 e. The van der Waals surface area contributed by atoms with Crippen molar-refractivity contribution in [3.8, 4) is 0 Å². The van der Waals surface area contributed by atoms with Gasteiger partial charge in [0.2, 0.25) is 0 Å². The zero-order valence-electron chi connectivity index (χ0n) is 8.50. The van der Waals surface area contributed by atoms with Crippen molar-refractivity contribution in [3.05, 3.63) is 42.4 Å². The van der Waals surface area contributed by atoms with Gasteiger partial charge >= 0.3 is 0 Å². The third-order valence-electron chi connectivity index (χ3n) is 1.97. The number of hydrogen-bond donors (Lipinski definition) is 1. The van der Waals surface area contributed by atoms with E-state index in [9.17, 15) is 4.79 Å². The molecule has 5 nitrogen and oxygen atoms in total. The molecule has 0 radical (unpaired) electrons. The van der Waals surface area contributed by atoms with Crippen molar-refractivity contribution in [2.24, 2.45) is 10.1 Å². The number of hydrogen-bond acceptors (Lipinski definition) is 4. The summed E-state index contributed by atoms with van der Waals surface area (Å²) >= 11 is 0. The lowest BCUT2D eigenvalue weighted by Crippen LogP contribution is -2.20. The molecule has 2 rings (SSSR count). The number of nitrogens with one attached hydrogen (secondary N) is 1. The van der Waals surface area contributed by atoms with Gasteiger partial charge in [0.1, 0.15) is 0 Å². The monoisotopic (exact) mass is 214 g/mol. The van der Waals surface area contributed by atoms with E-state index in [1.165, 1.54) is 6.20 Å². The first kappa shape index (κ1) is 10.2. The number of aliphatic imine (C=N–C) groups is 1. The minimum atomic E-state index is -0.274. The molecule has 1 aromatic rings. The lowest BCUT2D eigenvalue weighted by molar-refractivity contribution is 0.0954. The fourth-order valence-corrected chi connectivity index (χ4v) is 1.17. The van der Waals surface area contributed by atoms with Crippen molar-refractivity contribution in [3.63, 3.8) is 0 Å². The maximum atomic E-state index is 11.6. The Balaban J connectivity index is 1.99. The van der Waals surface area contributed by atoms with Crippen LogP contribution in [0.2, 0.25) is 0 Å². The fourth-order valence-electron chi connectivity index (χ4n) is 1.17. The highest BCUT2D eigenvalue weighted by molar-refractivity contribution is 6.31. The maximum absolute atomic E-state index is 11.6. The summed E-state index contributed by atoms with van der Waals surface area (Å²) in [5, 5.41) is 3.95. The normalized spacial score (nSPS) is 16.4. The van der Waals surface area contributed by atoms with Crippen molar-refractivity contribution < 1.29 is 4.79 Å². The highest BCUT2D eigenvalue weighted by atomic mass is 16.2. The van der Waals surface area contributed by atoms with Crippen LogP contribution in [0.1, 0.15) is 16.8 Å². The molecule has 1 aliphatic heterocycles. The van der Waals surface area contributed by atoms with Gasteiger partial charge in [0, 0.05) is 25.0 Å². The standard InChI is InChI=1S/C11H10N4O/c16-11(9-3-1-5-12-7-9)15-14-10-4-2-6-13-8-10/h1-3,5-8H,4H2,(H,15,16). The Kier molecular flexibility index (Phi) is 3.18. The van der Waals surface area contributed by atoms with E-state index in [0.29, 0.717) is 12.0 Å². The molecule has 0 unspecified atom stereocenters. The Labute approximate surface area is 92.6 Å². The lowest BCUT2D eigenvalue weighted by atomic mass is 10.2. The van der Waals surface area contributed by atoms with Crippen molar-refractivity contribution >= 4 is 17.8 Å². The molecule has 16 heavy (non-hydrogen) atoms. The summed E-state index contributed by atoms with van der Waals surface area (Å²) in [5.41, 5.74) is 3.66. The van der Waals surface area contributed by atoms with E-state index in [4.69, 9.17) is 0 Å². The molecule has 0 fully saturated rings. The van der Waals surface area contributed by atoms with Crippen LogP contribution in [0.3, 0.4) is 0 Å². The van der Waals surface area contributed by atoms with Crippen LogP contribution in [0.25, 0.3) is 0 Å². The first-order valence-electron chi connectivity index (χ1n) is 4.81. The van der Waals surface area contributed by atoms with Gasteiger partial charge < -0.3 is 0 Å². The Morgan fingerprint density at radius 2 is 2.44 bits per heavy atom. The molecule has 1 N–H and O–H groups in total. The highest BCUT2D eigenvalue weighted by Gasteiger charge is 2.04. The van der Waals surface area contributed by atoms with Crippen molar-refractivity contribution in [1.29, 1.82) is 0 Å². The van der Waals surface area contributed by atoms with Crippen LogP contribution in [-0.2, 0) is 0 Å². The molecule has 0 saturated heterocycles. The quantitative estimate of drug-likeness (QED) is 0.750. The van der Waals surface area contributed by atoms with E-state index in [2.05, 4.69) is 20.5 Å². The number of pyridine rings is 1. The second-order valence-electron chi connectivity index (χ2n) is 3.15. The lowest BCUT2D eigenvalue weighted by Gasteiger charge is -2.02. The van der Waals surface area contributed by atoms with Crippen LogP contribution in [0.15, 0.2) is 46.9 Å². The molecule has 0 spiro atoms. The molecule has 0 atom stereocenters. The van der Waals surface area contributed by atoms with Gasteiger partial charge in [-0.25, -0.2) is 5.43 Å². The van der Waals surface area contributed by atoms with Gasteiger partial charge in [-0.15, -0.1) is 0 Å². The summed E-state index contributed by atoms with van der Waals surface area (Å²) in [7, 11) is 0. The summed E-state index contributed by atoms with van der Waals surface area (Å²) in [4.78, 5) is 19.3. The summed E-state index contributed by atoms with van der Waals surface area (Å²) in [6.45, 7) is 0. The minimum absolute atomic E-state index is 0.274. The predicted octanol–water partition coefficient (Wildman–Crippen LogP) is 1.16. The van der Waals surface area contributed by atoms with Crippen LogP contribution in [-0.4, -0.2) is 22.8 Å². The summed E-state index contributed by atoms with van der Waals surface area (Å²) in [6, 6.07) is 3.38. The average molecular weight is 214 g/mol. The molecule has 0 aromatic carbocycles. The van der Waals surface area contributed by atoms with Gasteiger partial charge in [0.05, 0.1) is 17.5 Å². The molecule has 2 heterocycles. The van der Waals surface area contributed by atoms with E-state index >= 15 is 0 Å². The van der Waals surface area contributed by atoms with Crippen LogP contribution >= 0.6 is 0 Å². The molecular formula is C11H10N4O. The molecule has 1 aliphatic rings. The molecule has 0 saturated carbocycles. The topological polar surface area (TPSA) is 66.7 Å². The number of hydrazone groups is 1. The van der Waals surface area contributed by atoms with Crippen LogP contribution in [0.5, 0.6) is 0 Å². The van der Waals surface area contributed by atoms with Crippen LogP contribution in [0.4, 0.5) is 0 Å². The summed E-state index contributed by atoms with van der Waals surface area (Å²) in [6.07, 6.45) is 8.96. The Hall–Kier alpha value is -2.30. The van der Waals surface area contributed by atoms with Crippen molar-refractivity contribution in [2.75, 3.05) is 0 Å². The van der Waals surface area contributed by atoms with E-state index in [-0.39, 0.29) is 5.91 Å². The van der Waals surface area contributed by atoms with E-state index in [1.54, 1.807) is 30.7 Å². The van der Waals surface area contributed by atoms with E-state index in [1.807, 2.05) is 6.08 Å². The van der Waals surface area contributed by atoms with E-state index in [0.717, 1.165) is 5.71 Å². The van der Waals surface area contributed by atoms with Crippen LogP contribution in [0, 0.1) is 0 Å². The van der Waals surface area contributed by atoms with Crippen LogP contribution < -0.4 is 5.43 Å². The molecule has 1 aromatic heterocycles. The smallest absolute Gasteiger partial charge is 0.267 e. The van der Waals surface area contributed by atoms with E-state index < -0.39 is 0 Å². The highest BCUT2D eigenvalue weighted by Crippen LogP contribution is 1.97. The third-order valence-corrected chi connectivity index (χ3v) is 1.97. The average Bonchev–Trinajstić information content (AvgIpc) is 2.38. The number of amides is 1. The zero-order chi connectivity index (χ0) is 11.2. The number of carbonyl (C=O) groups excluding carboxylic acids is 1. The first-order valence-corrected chi connectivity index (χ1v) is 4.81. The number of aromatic nitrogens is 1. The Morgan fingerprint density at radius 1 is 1.50 bits per heavy atom. The number of nitrogens with zero attached hydrogens (tertiary/aromatic N) is 3. The number of allylic oxidation sites excluding steroid dienone is 1. The van der Waals surface area contributed by atoms with Gasteiger partial charge in [0.25, 0.3) is 5.91 Å². The predicted molar refractivity (Wildman–Crippen MR) is 61.4 cm³/mol. The molecular weight excluding hydrogens is 204 g/mol. The maximum Gasteiger partial charge on any atom is 0.272 e. The van der Waals surface area contributed by atoms with Gasteiger partial charge in [0.15, 0.2) is 0 Å². The molecule has 80 valence electrons. The summed E-state index contributed by atoms with van der Waals surface area (Å²) < 4.78 is 0. The van der Waals surface area contributed by atoms with Crippen molar-refractivity contribution in [2.45, 2.75) is 6.42 Å². The number of rotatable bonds is 2. The molecule has 1 amide bonds. The van der Waals surface area contributed by atoms with Gasteiger partial charge in [-0.05, 0) is 12.1 Å². The van der Waals surface area contributed by atoms with Crippen molar-refractivity contribution in [1.82, 2.24) is 10.4 Å². The Bertz CT molecular complexity index is 462. The molecule has 0 bridgehead atoms. The second-order valence-corrected chi connectivity index (χ2v) is 3.15. The zero-order valence-corrected chi connectivity index (χ0v) is 8.50. The summed E-state index contributed by atoms with van der Waals surface area (Å²) in [5.74, 6) is -0.274. The third kappa shape index (κ3) is 2.60. The van der Waals surface area contributed by atoms with Gasteiger partial charge in [-0.3, -0.25) is 14.8 Å². The first-order chi connectivity index (χ1) is 7.86. The fraction of sp³-hybridized carbons (Fsp3) is 0.0909. The molecule has 5 heteroatoms. The second kappa shape index (κ2) is 4.97. The number of carbonyl (C=O) groups is 1. The largest absolute Gasteiger partial charge is 0.272 e. The molecule has 0 aliphatic carbocycles.